The van der Waals surface area contributed by atoms with Crippen molar-refractivity contribution in [3.05, 3.63) is 26.7 Å². The van der Waals surface area contributed by atoms with Crippen molar-refractivity contribution in [3.8, 4) is 0 Å². The summed E-state index contributed by atoms with van der Waals surface area (Å²) in [5.41, 5.74) is 5.90. The highest BCUT2D eigenvalue weighted by Crippen LogP contribution is 2.11. The summed E-state index contributed by atoms with van der Waals surface area (Å²) >= 11 is 0. The number of fused-ring (bicyclic) bond motifs is 1. The molecule has 116 valence electrons. The van der Waals surface area contributed by atoms with Gasteiger partial charge in [0.25, 0.3) is 5.56 Å². The van der Waals surface area contributed by atoms with Gasteiger partial charge in [-0.1, -0.05) is 6.92 Å². The van der Waals surface area contributed by atoms with Crippen LogP contribution in [0.25, 0.3) is 11.2 Å². The summed E-state index contributed by atoms with van der Waals surface area (Å²) in [4.78, 5) is 29.5. The molecule has 0 aliphatic carbocycles. The maximum absolute atomic E-state index is 12.7. The van der Waals surface area contributed by atoms with Crippen molar-refractivity contribution in [2.75, 3.05) is 6.54 Å². The maximum atomic E-state index is 12.7. The van der Waals surface area contributed by atoms with E-state index in [1.165, 1.54) is 9.13 Å². The fraction of sp³-hybridized carbons (Fsp3) is 0.643. The lowest BCUT2D eigenvalue weighted by Gasteiger charge is -2.09. The van der Waals surface area contributed by atoms with Crippen LogP contribution >= 0.6 is 0 Å². The standard InChI is InChI=1S/C14H23N5O2/c1-4-10-16-12-11(18(10)5-2)13(20)19(9-7-6-8-15)14(21)17(12)3/h4-9,15H2,1-3H3. The zero-order valence-corrected chi connectivity index (χ0v) is 12.9. The summed E-state index contributed by atoms with van der Waals surface area (Å²) in [5, 5.41) is 0. The molecule has 0 bridgehead atoms. The lowest BCUT2D eigenvalue weighted by Crippen LogP contribution is -2.39. The van der Waals surface area contributed by atoms with E-state index in [4.69, 9.17) is 5.73 Å². The van der Waals surface area contributed by atoms with Crippen molar-refractivity contribution in [3.63, 3.8) is 0 Å². The number of hydrogen-bond donors (Lipinski definition) is 1. The van der Waals surface area contributed by atoms with E-state index in [9.17, 15) is 9.59 Å². The SMILES string of the molecule is CCc1nc2c(c(=O)n(CCCCN)c(=O)n2C)n1CC. The van der Waals surface area contributed by atoms with Crippen molar-refractivity contribution in [1.82, 2.24) is 18.7 Å². The number of imidazole rings is 1. The average Bonchev–Trinajstić information content (AvgIpc) is 2.87. The summed E-state index contributed by atoms with van der Waals surface area (Å²) in [6.07, 6.45) is 2.24. The van der Waals surface area contributed by atoms with Gasteiger partial charge in [0, 0.05) is 26.6 Å². The Morgan fingerprint density at radius 1 is 1.14 bits per heavy atom. The van der Waals surface area contributed by atoms with Crippen LogP contribution < -0.4 is 17.0 Å². The van der Waals surface area contributed by atoms with Gasteiger partial charge >= 0.3 is 5.69 Å². The number of aromatic nitrogens is 4. The van der Waals surface area contributed by atoms with E-state index in [1.54, 1.807) is 7.05 Å². The number of aryl methyl sites for hydroxylation is 3. The van der Waals surface area contributed by atoms with Gasteiger partial charge in [0.1, 0.15) is 5.82 Å². The third-order valence-corrected chi connectivity index (χ3v) is 3.78. The summed E-state index contributed by atoms with van der Waals surface area (Å²) in [6, 6.07) is 0. The van der Waals surface area contributed by atoms with Crippen molar-refractivity contribution in [1.29, 1.82) is 0 Å². The molecule has 2 N–H and O–H groups in total. The van der Waals surface area contributed by atoms with Crippen LogP contribution in [0.1, 0.15) is 32.5 Å². The third-order valence-electron chi connectivity index (χ3n) is 3.78. The van der Waals surface area contributed by atoms with Crippen LogP contribution in [-0.4, -0.2) is 25.2 Å². The fourth-order valence-electron chi connectivity index (χ4n) is 2.64. The van der Waals surface area contributed by atoms with Gasteiger partial charge in [0.05, 0.1) is 0 Å². The molecule has 0 unspecified atom stereocenters. The number of nitrogens with zero attached hydrogens (tertiary/aromatic N) is 4. The summed E-state index contributed by atoms with van der Waals surface area (Å²) in [6.45, 7) is 5.59. The number of unbranched alkanes of at least 4 members (excludes halogenated alkanes) is 1. The summed E-state index contributed by atoms with van der Waals surface area (Å²) in [7, 11) is 1.66. The van der Waals surface area contributed by atoms with Crippen LogP contribution in [-0.2, 0) is 26.6 Å². The first kappa shape index (κ1) is 15.5. The first-order valence-electron chi connectivity index (χ1n) is 7.45. The highest BCUT2D eigenvalue weighted by atomic mass is 16.2. The highest BCUT2D eigenvalue weighted by Gasteiger charge is 2.18. The number of nitrogens with two attached hydrogens (primary N) is 1. The maximum Gasteiger partial charge on any atom is 0.332 e. The van der Waals surface area contributed by atoms with Crippen LogP contribution in [0.4, 0.5) is 0 Å². The van der Waals surface area contributed by atoms with Crippen LogP contribution in [0.3, 0.4) is 0 Å². The first-order chi connectivity index (χ1) is 10.1. The molecular formula is C14H23N5O2. The quantitative estimate of drug-likeness (QED) is 0.772. The van der Waals surface area contributed by atoms with E-state index in [-0.39, 0.29) is 11.2 Å². The van der Waals surface area contributed by atoms with Crippen molar-refractivity contribution in [2.45, 2.75) is 46.2 Å². The van der Waals surface area contributed by atoms with Gasteiger partial charge in [-0.05, 0) is 26.3 Å². The molecule has 0 amide bonds. The topological polar surface area (TPSA) is 87.8 Å². The Bertz CT molecular complexity index is 753. The van der Waals surface area contributed by atoms with Gasteiger partial charge < -0.3 is 10.3 Å². The lowest BCUT2D eigenvalue weighted by molar-refractivity contribution is 0.556. The smallest absolute Gasteiger partial charge is 0.330 e. The van der Waals surface area contributed by atoms with Crippen LogP contribution in [0, 0.1) is 0 Å². The zero-order chi connectivity index (χ0) is 15.6. The molecule has 0 radical (unpaired) electrons. The predicted molar refractivity (Wildman–Crippen MR) is 82.6 cm³/mol. The number of hydrogen-bond acceptors (Lipinski definition) is 4. The van der Waals surface area contributed by atoms with Crippen LogP contribution in [0.2, 0.25) is 0 Å². The highest BCUT2D eigenvalue weighted by molar-refractivity contribution is 5.71. The normalized spacial score (nSPS) is 11.4. The Morgan fingerprint density at radius 2 is 1.86 bits per heavy atom. The predicted octanol–water partition coefficient (Wildman–Crippen LogP) is 0.218. The van der Waals surface area contributed by atoms with Gasteiger partial charge in [-0.2, -0.15) is 0 Å². The molecule has 0 saturated heterocycles. The molecule has 7 heteroatoms. The second-order valence-electron chi connectivity index (χ2n) is 5.09. The molecule has 2 aromatic rings. The molecule has 2 heterocycles. The third kappa shape index (κ3) is 2.53. The van der Waals surface area contributed by atoms with Gasteiger partial charge in [0.15, 0.2) is 11.2 Å². The van der Waals surface area contributed by atoms with Crippen LogP contribution in [0.15, 0.2) is 9.59 Å². The van der Waals surface area contributed by atoms with Gasteiger partial charge in [-0.3, -0.25) is 13.9 Å². The van der Waals surface area contributed by atoms with E-state index < -0.39 is 0 Å². The molecule has 2 rings (SSSR count). The Labute approximate surface area is 123 Å². The lowest BCUT2D eigenvalue weighted by atomic mass is 10.3. The summed E-state index contributed by atoms with van der Waals surface area (Å²) in [5.74, 6) is 0.833. The monoisotopic (exact) mass is 293 g/mol. The van der Waals surface area contributed by atoms with Gasteiger partial charge in [0.2, 0.25) is 0 Å². The molecule has 2 aromatic heterocycles. The zero-order valence-electron chi connectivity index (χ0n) is 12.9. The molecule has 21 heavy (non-hydrogen) atoms. The van der Waals surface area contributed by atoms with E-state index in [1.807, 2.05) is 18.4 Å². The Balaban J connectivity index is 2.72. The van der Waals surface area contributed by atoms with Crippen molar-refractivity contribution >= 4 is 11.2 Å². The second kappa shape index (κ2) is 6.26. The molecule has 0 aliphatic rings. The van der Waals surface area contributed by atoms with E-state index in [0.717, 1.165) is 25.1 Å². The molecular weight excluding hydrogens is 270 g/mol. The first-order valence-corrected chi connectivity index (χ1v) is 7.45. The Morgan fingerprint density at radius 3 is 2.43 bits per heavy atom. The van der Waals surface area contributed by atoms with Crippen molar-refractivity contribution in [2.24, 2.45) is 12.8 Å². The molecule has 0 aliphatic heterocycles. The second-order valence-corrected chi connectivity index (χ2v) is 5.09. The van der Waals surface area contributed by atoms with Crippen LogP contribution in [0.5, 0.6) is 0 Å². The minimum Gasteiger partial charge on any atom is -0.330 e. The average molecular weight is 293 g/mol. The van der Waals surface area contributed by atoms with Gasteiger partial charge in [-0.25, -0.2) is 9.78 Å². The van der Waals surface area contributed by atoms with Crippen molar-refractivity contribution < 1.29 is 0 Å². The molecule has 0 atom stereocenters. The fourth-order valence-corrected chi connectivity index (χ4v) is 2.64. The largest absolute Gasteiger partial charge is 0.332 e. The molecule has 7 nitrogen and oxygen atoms in total. The van der Waals surface area contributed by atoms with E-state index in [2.05, 4.69) is 4.98 Å². The molecule has 0 fully saturated rings. The molecule has 0 spiro atoms. The minimum atomic E-state index is -0.312. The molecule has 0 saturated carbocycles. The minimum absolute atomic E-state index is 0.251. The van der Waals surface area contributed by atoms with Gasteiger partial charge in [-0.15, -0.1) is 0 Å². The molecule has 0 aromatic carbocycles. The van der Waals surface area contributed by atoms with E-state index >= 15 is 0 Å². The Hall–Kier alpha value is -1.89. The van der Waals surface area contributed by atoms with E-state index in [0.29, 0.717) is 30.8 Å². The number of rotatable bonds is 6. The summed E-state index contributed by atoms with van der Waals surface area (Å²) < 4.78 is 4.66. The Kier molecular flexibility index (Phi) is 4.62.